The molecule has 0 aromatic heterocycles. The van der Waals surface area contributed by atoms with Crippen LogP contribution in [0, 0.1) is 18.6 Å². The van der Waals surface area contributed by atoms with E-state index in [0.717, 1.165) is 23.4 Å². The molecule has 0 saturated heterocycles. The predicted octanol–water partition coefficient (Wildman–Crippen LogP) is 4.54. The zero-order valence-electron chi connectivity index (χ0n) is 9.81. The Morgan fingerprint density at radius 3 is 2.72 bits per heavy atom. The molecule has 0 unspecified atom stereocenters. The van der Waals surface area contributed by atoms with Crippen molar-refractivity contribution in [2.24, 2.45) is 0 Å². The second-order valence-corrected chi connectivity index (χ2v) is 4.41. The Kier molecular flexibility index (Phi) is 3.82. The average molecular weight is 268 g/mol. The van der Waals surface area contributed by atoms with E-state index < -0.39 is 11.6 Å². The number of hydrogen-bond acceptors (Lipinski definition) is 1. The molecule has 0 heterocycles. The van der Waals surface area contributed by atoms with Crippen LogP contribution in [0.3, 0.4) is 0 Å². The molecule has 4 heteroatoms. The molecule has 0 amide bonds. The summed E-state index contributed by atoms with van der Waals surface area (Å²) in [6.07, 6.45) is 0. The van der Waals surface area contributed by atoms with E-state index in [-0.39, 0.29) is 12.1 Å². The molecule has 0 atom stereocenters. The lowest BCUT2D eigenvalue weighted by atomic mass is 10.1. The van der Waals surface area contributed by atoms with Crippen molar-refractivity contribution >= 4 is 17.3 Å². The van der Waals surface area contributed by atoms with Gasteiger partial charge in [-0.15, -0.1) is 0 Å². The number of nitrogens with one attached hydrogen (secondary N) is 1. The van der Waals surface area contributed by atoms with E-state index in [2.05, 4.69) is 5.32 Å². The average Bonchev–Trinajstić information content (AvgIpc) is 2.35. The molecule has 2 aromatic rings. The third kappa shape index (κ3) is 2.79. The standard InChI is InChI=1S/C14H12ClF2N/c1-9-12(15)3-2-4-14(9)18-8-10-7-11(16)5-6-13(10)17/h2-7,18H,8H2,1H3. The lowest BCUT2D eigenvalue weighted by molar-refractivity contribution is 0.587. The van der Waals surface area contributed by atoms with Gasteiger partial charge >= 0.3 is 0 Å². The summed E-state index contributed by atoms with van der Waals surface area (Å²) in [6, 6.07) is 8.84. The van der Waals surface area contributed by atoms with Crippen molar-refractivity contribution in [3.05, 3.63) is 64.2 Å². The van der Waals surface area contributed by atoms with Gasteiger partial charge in [0.1, 0.15) is 11.6 Å². The minimum atomic E-state index is -0.448. The van der Waals surface area contributed by atoms with E-state index in [9.17, 15) is 8.78 Å². The molecule has 0 fully saturated rings. The molecule has 2 aromatic carbocycles. The van der Waals surface area contributed by atoms with Gasteiger partial charge in [-0.25, -0.2) is 8.78 Å². The summed E-state index contributed by atoms with van der Waals surface area (Å²) < 4.78 is 26.4. The van der Waals surface area contributed by atoms with E-state index >= 15 is 0 Å². The first-order valence-corrected chi connectivity index (χ1v) is 5.88. The number of anilines is 1. The van der Waals surface area contributed by atoms with Crippen LogP contribution in [-0.4, -0.2) is 0 Å². The molecule has 0 aliphatic heterocycles. The van der Waals surface area contributed by atoms with Crippen LogP contribution >= 0.6 is 11.6 Å². The van der Waals surface area contributed by atoms with Crippen LogP contribution < -0.4 is 5.32 Å². The Bertz CT molecular complexity index is 568. The Morgan fingerprint density at radius 2 is 1.94 bits per heavy atom. The molecule has 0 radical (unpaired) electrons. The van der Waals surface area contributed by atoms with Crippen LogP contribution in [0.15, 0.2) is 36.4 Å². The van der Waals surface area contributed by atoms with Gasteiger partial charge in [-0.2, -0.15) is 0 Å². The van der Waals surface area contributed by atoms with Gasteiger partial charge in [0, 0.05) is 22.8 Å². The summed E-state index contributed by atoms with van der Waals surface area (Å²) in [5.74, 6) is -0.875. The summed E-state index contributed by atoms with van der Waals surface area (Å²) in [4.78, 5) is 0. The van der Waals surface area contributed by atoms with E-state index in [1.165, 1.54) is 6.07 Å². The SMILES string of the molecule is Cc1c(Cl)cccc1NCc1cc(F)ccc1F. The third-order valence-electron chi connectivity index (χ3n) is 2.74. The highest BCUT2D eigenvalue weighted by molar-refractivity contribution is 6.31. The maximum atomic E-state index is 13.4. The quantitative estimate of drug-likeness (QED) is 0.861. The first kappa shape index (κ1) is 12.8. The van der Waals surface area contributed by atoms with E-state index in [1.54, 1.807) is 12.1 Å². The number of rotatable bonds is 3. The first-order valence-electron chi connectivity index (χ1n) is 5.51. The normalized spacial score (nSPS) is 10.4. The Balaban J connectivity index is 2.16. The minimum absolute atomic E-state index is 0.213. The number of benzene rings is 2. The van der Waals surface area contributed by atoms with Crippen molar-refractivity contribution < 1.29 is 8.78 Å². The highest BCUT2D eigenvalue weighted by Crippen LogP contribution is 2.23. The molecule has 18 heavy (non-hydrogen) atoms. The highest BCUT2D eigenvalue weighted by atomic mass is 35.5. The zero-order valence-corrected chi connectivity index (χ0v) is 10.6. The van der Waals surface area contributed by atoms with Crippen molar-refractivity contribution in [3.8, 4) is 0 Å². The van der Waals surface area contributed by atoms with Gasteiger partial charge in [-0.1, -0.05) is 17.7 Å². The van der Waals surface area contributed by atoms with E-state index in [1.807, 2.05) is 13.0 Å². The van der Waals surface area contributed by atoms with Crippen LogP contribution in [0.5, 0.6) is 0 Å². The molecule has 1 N–H and O–H groups in total. The zero-order chi connectivity index (χ0) is 13.1. The van der Waals surface area contributed by atoms with Gasteiger partial charge in [-0.3, -0.25) is 0 Å². The summed E-state index contributed by atoms with van der Waals surface area (Å²) in [6.45, 7) is 2.08. The van der Waals surface area contributed by atoms with E-state index in [4.69, 9.17) is 11.6 Å². The molecule has 94 valence electrons. The lowest BCUT2D eigenvalue weighted by Crippen LogP contribution is -2.03. The fourth-order valence-corrected chi connectivity index (χ4v) is 1.84. The maximum Gasteiger partial charge on any atom is 0.128 e. The minimum Gasteiger partial charge on any atom is -0.381 e. The number of halogens is 3. The molecule has 0 aliphatic carbocycles. The molecule has 0 aliphatic rings. The van der Waals surface area contributed by atoms with Gasteiger partial charge < -0.3 is 5.32 Å². The Morgan fingerprint density at radius 1 is 1.17 bits per heavy atom. The molecule has 2 rings (SSSR count). The lowest BCUT2D eigenvalue weighted by Gasteiger charge is -2.11. The third-order valence-corrected chi connectivity index (χ3v) is 3.15. The van der Waals surface area contributed by atoms with Crippen molar-refractivity contribution in [1.29, 1.82) is 0 Å². The summed E-state index contributed by atoms with van der Waals surface area (Å²) >= 11 is 5.98. The molecule has 0 spiro atoms. The molecular weight excluding hydrogens is 256 g/mol. The summed E-state index contributed by atoms with van der Waals surface area (Å²) in [5, 5.41) is 3.69. The highest BCUT2D eigenvalue weighted by Gasteiger charge is 2.05. The van der Waals surface area contributed by atoms with Crippen LogP contribution in [0.1, 0.15) is 11.1 Å². The topological polar surface area (TPSA) is 12.0 Å². The van der Waals surface area contributed by atoms with Crippen molar-refractivity contribution in [3.63, 3.8) is 0 Å². The second kappa shape index (κ2) is 5.36. The molecule has 0 saturated carbocycles. The van der Waals surface area contributed by atoms with Gasteiger partial charge in [0.25, 0.3) is 0 Å². The molecular formula is C14H12ClF2N. The van der Waals surface area contributed by atoms with Crippen LogP contribution in [0.4, 0.5) is 14.5 Å². The van der Waals surface area contributed by atoms with Crippen LogP contribution in [0.2, 0.25) is 5.02 Å². The Labute approximate surface area is 109 Å². The number of hydrogen-bond donors (Lipinski definition) is 1. The van der Waals surface area contributed by atoms with E-state index in [0.29, 0.717) is 5.02 Å². The fraction of sp³-hybridized carbons (Fsp3) is 0.143. The van der Waals surface area contributed by atoms with Crippen molar-refractivity contribution in [1.82, 2.24) is 0 Å². The molecule has 0 bridgehead atoms. The second-order valence-electron chi connectivity index (χ2n) is 4.00. The van der Waals surface area contributed by atoms with Gasteiger partial charge in [0.05, 0.1) is 0 Å². The van der Waals surface area contributed by atoms with Gasteiger partial charge in [0.15, 0.2) is 0 Å². The van der Waals surface area contributed by atoms with Crippen LogP contribution in [0.25, 0.3) is 0 Å². The van der Waals surface area contributed by atoms with Crippen molar-refractivity contribution in [2.75, 3.05) is 5.32 Å². The first-order chi connectivity index (χ1) is 8.58. The largest absolute Gasteiger partial charge is 0.381 e. The van der Waals surface area contributed by atoms with Crippen LogP contribution in [-0.2, 0) is 6.54 Å². The monoisotopic (exact) mass is 267 g/mol. The summed E-state index contributed by atoms with van der Waals surface area (Å²) in [5.41, 5.74) is 1.98. The fourth-order valence-electron chi connectivity index (χ4n) is 1.67. The predicted molar refractivity (Wildman–Crippen MR) is 69.9 cm³/mol. The van der Waals surface area contributed by atoms with Crippen molar-refractivity contribution in [2.45, 2.75) is 13.5 Å². The smallest absolute Gasteiger partial charge is 0.128 e. The van der Waals surface area contributed by atoms with Gasteiger partial charge in [0.2, 0.25) is 0 Å². The Hall–Kier alpha value is -1.61. The molecule has 1 nitrogen and oxygen atoms in total. The van der Waals surface area contributed by atoms with Gasteiger partial charge in [-0.05, 0) is 42.8 Å². The summed E-state index contributed by atoms with van der Waals surface area (Å²) in [7, 11) is 0. The maximum absolute atomic E-state index is 13.4.